The summed E-state index contributed by atoms with van der Waals surface area (Å²) in [6, 6.07) is 0. The summed E-state index contributed by atoms with van der Waals surface area (Å²) in [6.45, 7) is 9.93. The van der Waals surface area contributed by atoms with Crippen LogP contribution in [0.2, 0.25) is 0 Å². The largest absolute Gasteiger partial charge is 0.460 e. The lowest BCUT2D eigenvalue weighted by molar-refractivity contribution is -0.870. The number of ether oxygens (including phenoxy) is 1. The van der Waals surface area contributed by atoms with Crippen LogP contribution in [-0.2, 0) is 28.9 Å². The van der Waals surface area contributed by atoms with Crippen molar-refractivity contribution in [3.8, 4) is 0 Å². The highest BCUT2D eigenvalue weighted by atomic mass is 32.3. The minimum Gasteiger partial charge on any atom is -0.460 e. The third-order valence-electron chi connectivity index (χ3n) is 2.33. The number of aliphatic hydroxyl groups is 1. The summed E-state index contributed by atoms with van der Waals surface area (Å²) in [5.41, 5.74) is 0. The molecule has 0 saturated carbocycles. The molecular formula is C16H33N2O8S+. The molecule has 0 aliphatic rings. The number of carbonyl (C=O) groups is 2. The number of nitrogens with one attached hydrogen (secondary N) is 1. The van der Waals surface area contributed by atoms with Gasteiger partial charge in [-0.05, 0) is 13.0 Å². The molecule has 0 aromatic carbocycles. The van der Waals surface area contributed by atoms with E-state index in [0.717, 1.165) is 37.2 Å². The van der Waals surface area contributed by atoms with Crippen molar-refractivity contribution in [2.75, 3.05) is 47.9 Å². The van der Waals surface area contributed by atoms with Gasteiger partial charge in [-0.2, -0.15) is 8.42 Å². The van der Waals surface area contributed by atoms with E-state index >= 15 is 0 Å². The fraction of sp³-hybridized carbons (Fsp3) is 0.625. The van der Waals surface area contributed by atoms with E-state index in [0.29, 0.717) is 0 Å². The average molecular weight is 414 g/mol. The van der Waals surface area contributed by atoms with Crippen molar-refractivity contribution in [2.45, 2.75) is 19.4 Å². The van der Waals surface area contributed by atoms with Crippen molar-refractivity contribution < 1.29 is 41.1 Å². The Labute approximate surface area is 162 Å². The number of hydrogen-bond donors (Lipinski definition) is 3. The fourth-order valence-electron chi connectivity index (χ4n) is 1.10. The lowest BCUT2D eigenvalue weighted by Gasteiger charge is -2.23. The predicted octanol–water partition coefficient (Wildman–Crippen LogP) is -0.0831. The molecule has 0 saturated heterocycles. The second kappa shape index (κ2) is 16.4. The lowest BCUT2D eigenvalue weighted by atomic mass is 10.3. The Kier molecular flexibility index (Phi) is 18.2. The Bertz CT molecular complexity index is 539. The van der Waals surface area contributed by atoms with Gasteiger partial charge < -0.3 is 19.6 Å². The number of nitrogens with zero attached hydrogens (tertiary/aromatic N) is 1. The van der Waals surface area contributed by atoms with E-state index in [1.807, 2.05) is 0 Å². The summed E-state index contributed by atoms with van der Waals surface area (Å²) >= 11 is 0. The van der Waals surface area contributed by atoms with Gasteiger partial charge in [-0.1, -0.05) is 13.2 Å². The molecule has 160 valence electrons. The van der Waals surface area contributed by atoms with Crippen molar-refractivity contribution in [2.24, 2.45) is 0 Å². The highest BCUT2D eigenvalue weighted by Gasteiger charge is 2.05. The second-order valence-electron chi connectivity index (χ2n) is 6.14. The van der Waals surface area contributed by atoms with Gasteiger partial charge in [0.15, 0.2) is 0 Å². The van der Waals surface area contributed by atoms with Crippen LogP contribution in [0.5, 0.6) is 0 Å². The van der Waals surface area contributed by atoms with Crippen molar-refractivity contribution >= 4 is 22.3 Å². The molecule has 1 atom stereocenters. The predicted molar refractivity (Wildman–Crippen MR) is 102 cm³/mol. The van der Waals surface area contributed by atoms with Gasteiger partial charge in [0.1, 0.15) is 6.61 Å². The summed E-state index contributed by atoms with van der Waals surface area (Å²) in [5, 5.41) is 11.3. The maximum absolute atomic E-state index is 10.7. The number of aliphatic hydroxyl groups excluding tert-OH is 1. The Balaban J connectivity index is -0.000000340. The summed E-state index contributed by atoms with van der Waals surface area (Å²) in [5.74, 6) is -0.590. The standard InChI is InChI=1S/C9H18N2O.C6H10O3.CH4O4S/c1-5-9(12)10-7-6-8-11(2,3)4;1-3-6(8)9-4-5(2)7;1-5-6(2,3)4/h5H,1,6-8H2,2-4H3;3,5,7H,1,4H2,2H3;1H3,(H,2,3,4)/p+1. The molecule has 1 unspecified atom stereocenters. The second-order valence-corrected chi connectivity index (χ2v) is 7.33. The van der Waals surface area contributed by atoms with E-state index in [-0.39, 0.29) is 12.5 Å². The number of rotatable bonds is 9. The van der Waals surface area contributed by atoms with Crippen LogP contribution in [-0.4, -0.2) is 88.5 Å². The first-order valence-electron chi connectivity index (χ1n) is 7.89. The van der Waals surface area contributed by atoms with E-state index in [1.54, 1.807) is 0 Å². The molecule has 0 aromatic heterocycles. The molecule has 0 aliphatic carbocycles. The van der Waals surface area contributed by atoms with Crippen molar-refractivity contribution in [3.63, 3.8) is 0 Å². The summed E-state index contributed by atoms with van der Waals surface area (Å²) in [4.78, 5) is 21.0. The van der Waals surface area contributed by atoms with Gasteiger partial charge in [0, 0.05) is 19.0 Å². The van der Waals surface area contributed by atoms with E-state index in [4.69, 9.17) is 9.66 Å². The van der Waals surface area contributed by atoms with Gasteiger partial charge >= 0.3 is 16.4 Å². The molecule has 0 radical (unpaired) electrons. The van der Waals surface area contributed by atoms with E-state index in [2.05, 4.69) is 48.5 Å². The molecular weight excluding hydrogens is 380 g/mol. The quantitative estimate of drug-likeness (QED) is 0.157. The molecule has 11 heteroatoms. The number of amides is 1. The Morgan fingerprint density at radius 2 is 1.70 bits per heavy atom. The van der Waals surface area contributed by atoms with Gasteiger partial charge in [0.25, 0.3) is 0 Å². The molecule has 0 aromatic rings. The molecule has 0 fully saturated rings. The zero-order chi connectivity index (χ0) is 22.1. The third kappa shape index (κ3) is 36.0. The molecule has 3 N–H and O–H groups in total. The van der Waals surface area contributed by atoms with Crippen LogP contribution in [0, 0.1) is 0 Å². The van der Waals surface area contributed by atoms with Crippen LogP contribution < -0.4 is 5.32 Å². The summed E-state index contributed by atoms with van der Waals surface area (Å²) < 4.78 is 35.1. The van der Waals surface area contributed by atoms with Crippen LogP contribution in [0.15, 0.2) is 25.3 Å². The lowest BCUT2D eigenvalue weighted by Crippen LogP contribution is -2.37. The molecule has 0 aliphatic heterocycles. The number of carbonyl (C=O) groups excluding carboxylic acids is 2. The van der Waals surface area contributed by atoms with E-state index in [9.17, 15) is 18.0 Å². The normalized spacial score (nSPS) is 11.5. The van der Waals surface area contributed by atoms with Gasteiger partial charge in [0.2, 0.25) is 5.91 Å². The maximum atomic E-state index is 10.7. The number of hydrogen-bond acceptors (Lipinski definition) is 7. The van der Waals surface area contributed by atoms with Gasteiger partial charge in [0.05, 0.1) is 40.9 Å². The third-order valence-corrected chi connectivity index (χ3v) is 2.76. The Morgan fingerprint density at radius 3 is 2.00 bits per heavy atom. The van der Waals surface area contributed by atoms with E-state index in [1.165, 1.54) is 13.0 Å². The Morgan fingerprint density at radius 1 is 1.22 bits per heavy atom. The first-order valence-corrected chi connectivity index (χ1v) is 9.26. The molecule has 0 heterocycles. The van der Waals surface area contributed by atoms with Crippen LogP contribution in [0.1, 0.15) is 13.3 Å². The highest BCUT2D eigenvalue weighted by molar-refractivity contribution is 7.80. The topological polar surface area (TPSA) is 139 Å². The molecule has 0 bridgehead atoms. The zero-order valence-electron chi connectivity index (χ0n) is 16.7. The van der Waals surface area contributed by atoms with Crippen LogP contribution in [0.3, 0.4) is 0 Å². The van der Waals surface area contributed by atoms with Gasteiger partial charge in [-0.15, -0.1) is 0 Å². The molecule has 0 rings (SSSR count). The highest BCUT2D eigenvalue weighted by Crippen LogP contribution is 1.91. The van der Waals surface area contributed by atoms with Crippen LogP contribution in [0.4, 0.5) is 0 Å². The average Bonchev–Trinajstić information content (AvgIpc) is 2.55. The first kappa shape index (κ1) is 30.0. The first-order chi connectivity index (χ1) is 12.2. The van der Waals surface area contributed by atoms with Gasteiger partial charge in [-0.25, -0.2) is 4.79 Å². The maximum Gasteiger partial charge on any atom is 0.397 e. The van der Waals surface area contributed by atoms with Crippen molar-refractivity contribution in [3.05, 3.63) is 25.3 Å². The van der Waals surface area contributed by atoms with Crippen molar-refractivity contribution in [1.29, 1.82) is 0 Å². The molecule has 1 amide bonds. The monoisotopic (exact) mass is 413 g/mol. The SMILES string of the molecule is C=CC(=O)NCCC[N+](C)(C)C.C=CC(=O)OCC(C)O.COS(=O)(=O)O. The minimum absolute atomic E-state index is 0.0326. The molecule has 0 spiro atoms. The smallest absolute Gasteiger partial charge is 0.397 e. The molecule has 27 heavy (non-hydrogen) atoms. The molecule has 10 nitrogen and oxygen atoms in total. The minimum atomic E-state index is -4.16. The summed E-state index contributed by atoms with van der Waals surface area (Å²) in [7, 11) is 3.11. The fourth-order valence-corrected chi connectivity index (χ4v) is 1.10. The number of esters is 1. The van der Waals surface area contributed by atoms with Crippen LogP contribution >= 0.6 is 0 Å². The van der Waals surface area contributed by atoms with Gasteiger partial charge in [-0.3, -0.25) is 13.5 Å². The van der Waals surface area contributed by atoms with Crippen molar-refractivity contribution in [1.82, 2.24) is 5.32 Å². The number of quaternary nitrogens is 1. The summed E-state index contributed by atoms with van der Waals surface area (Å²) in [6.07, 6.45) is 2.76. The van der Waals surface area contributed by atoms with E-state index < -0.39 is 22.5 Å². The van der Waals surface area contributed by atoms with Crippen LogP contribution in [0.25, 0.3) is 0 Å². The Hall–Kier alpha value is -1.79. The zero-order valence-corrected chi connectivity index (χ0v) is 17.5.